The van der Waals surface area contributed by atoms with Crippen molar-refractivity contribution in [2.45, 2.75) is 26.3 Å². The van der Waals surface area contributed by atoms with E-state index in [1.807, 2.05) is 0 Å². The number of hydrogen-bond donors (Lipinski definition) is 2. The molecule has 1 amide bonds. The zero-order chi connectivity index (χ0) is 13.5. The molecular weight excluding hydrogens is 234 g/mol. The van der Waals surface area contributed by atoms with Gasteiger partial charge in [-0.2, -0.15) is 0 Å². The van der Waals surface area contributed by atoms with Gasteiger partial charge in [-0.05, 0) is 20.3 Å². The second kappa shape index (κ2) is 6.48. The molecule has 0 radical (unpaired) electrons. The Kier molecular flexibility index (Phi) is 4.98. The van der Waals surface area contributed by atoms with E-state index in [0.717, 1.165) is 0 Å². The SMILES string of the molecule is C/C=C/CC(NC(=O)c1cncnc1C)C(=O)O. The maximum Gasteiger partial charge on any atom is 0.326 e. The molecule has 96 valence electrons. The second-order valence-corrected chi connectivity index (χ2v) is 3.69. The third kappa shape index (κ3) is 3.65. The van der Waals surface area contributed by atoms with Gasteiger partial charge < -0.3 is 10.4 Å². The summed E-state index contributed by atoms with van der Waals surface area (Å²) in [5.41, 5.74) is 0.793. The molecule has 0 fully saturated rings. The van der Waals surface area contributed by atoms with Gasteiger partial charge in [0.15, 0.2) is 0 Å². The smallest absolute Gasteiger partial charge is 0.326 e. The lowest BCUT2D eigenvalue weighted by atomic mass is 10.1. The minimum absolute atomic E-state index is 0.240. The quantitative estimate of drug-likeness (QED) is 0.757. The van der Waals surface area contributed by atoms with E-state index in [1.165, 1.54) is 12.5 Å². The minimum atomic E-state index is -1.07. The highest BCUT2D eigenvalue weighted by Crippen LogP contribution is 2.03. The summed E-state index contributed by atoms with van der Waals surface area (Å²) in [5.74, 6) is -1.55. The first kappa shape index (κ1) is 13.8. The number of carboxylic acids is 1. The van der Waals surface area contributed by atoms with Crippen molar-refractivity contribution in [3.05, 3.63) is 35.9 Å². The number of allylic oxidation sites excluding steroid dienone is 1. The molecule has 1 rings (SSSR count). The van der Waals surface area contributed by atoms with E-state index in [4.69, 9.17) is 5.11 Å². The molecule has 6 heteroatoms. The molecule has 18 heavy (non-hydrogen) atoms. The molecule has 1 heterocycles. The number of carbonyl (C=O) groups is 2. The van der Waals surface area contributed by atoms with Crippen LogP contribution in [-0.2, 0) is 4.79 Å². The van der Waals surface area contributed by atoms with Gasteiger partial charge in [-0.25, -0.2) is 14.8 Å². The van der Waals surface area contributed by atoms with Gasteiger partial charge in [0, 0.05) is 6.20 Å². The molecule has 0 aliphatic heterocycles. The molecule has 0 saturated heterocycles. The summed E-state index contributed by atoms with van der Waals surface area (Å²) >= 11 is 0. The Balaban J connectivity index is 2.79. The van der Waals surface area contributed by atoms with Crippen LogP contribution in [0.25, 0.3) is 0 Å². The zero-order valence-electron chi connectivity index (χ0n) is 10.3. The first-order valence-corrected chi connectivity index (χ1v) is 5.47. The monoisotopic (exact) mass is 249 g/mol. The Bertz CT molecular complexity index is 471. The van der Waals surface area contributed by atoms with Crippen LogP contribution in [0.5, 0.6) is 0 Å². The zero-order valence-corrected chi connectivity index (χ0v) is 10.3. The minimum Gasteiger partial charge on any atom is -0.480 e. The predicted octanol–water partition coefficient (Wildman–Crippen LogP) is 0.934. The second-order valence-electron chi connectivity index (χ2n) is 3.69. The van der Waals surface area contributed by atoms with Crippen molar-refractivity contribution in [2.24, 2.45) is 0 Å². The fourth-order valence-electron chi connectivity index (χ4n) is 1.34. The van der Waals surface area contributed by atoms with Crippen molar-refractivity contribution < 1.29 is 14.7 Å². The van der Waals surface area contributed by atoms with Crippen molar-refractivity contribution in [1.82, 2.24) is 15.3 Å². The summed E-state index contributed by atoms with van der Waals surface area (Å²) in [5, 5.41) is 11.4. The van der Waals surface area contributed by atoms with Crippen molar-refractivity contribution in [3.8, 4) is 0 Å². The molecular formula is C12H15N3O3. The van der Waals surface area contributed by atoms with E-state index in [9.17, 15) is 9.59 Å². The van der Waals surface area contributed by atoms with Gasteiger partial charge in [0.1, 0.15) is 12.4 Å². The Morgan fingerprint density at radius 3 is 2.83 bits per heavy atom. The molecule has 2 N–H and O–H groups in total. The van der Waals surface area contributed by atoms with Gasteiger partial charge in [-0.15, -0.1) is 0 Å². The Hall–Kier alpha value is -2.24. The van der Waals surface area contributed by atoms with E-state index in [1.54, 1.807) is 26.0 Å². The van der Waals surface area contributed by atoms with Gasteiger partial charge in [-0.3, -0.25) is 4.79 Å². The molecule has 1 aromatic rings. The number of aromatic nitrogens is 2. The number of aliphatic carboxylic acids is 1. The molecule has 0 saturated carbocycles. The lowest BCUT2D eigenvalue weighted by Crippen LogP contribution is -2.40. The lowest BCUT2D eigenvalue weighted by Gasteiger charge is -2.13. The van der Waals surface area contributed by atoms with Crippen LogP contribution in [0.2, 0.25) is 0 Å². The molecule has 0 aliphatic carbocycles. The van der Waals surface area contributed by atoms with E-state index in [-0.39, 0.29) is 12.0 Å². The summed E-state index contributed by atoms with van der Waals surface area (Å²) in [6.45, 7) is 3.45. The third-order valence-corrected chi connectivity index (χ3v) is 2.37. The summed E-state index contributed by atoms with van der Waals surface area (Å²) in [6, 6.07) is -0.951. The molecule has 1 atom stereocenters. The molecule has 0 spiro atoms. The summed E-state index contributed by atoms with van der Waals surface area (Å²) in [4.78, 5) is 30.5. The highest BCUT2D eigenvalue weighted by atomic mass is 16.4. The number of hydrogen-bond acceptors (Lipinski definition) is 4. The predicted molar refractivity (Wildman–Crippen MR) is 65.1 cm³/mol. The molecule has 0 aromatic carbocycles. The molecule has 0 aliphatic rings. The van der Waals surface area contributed by atoms with E-state index in [2.05, 4.69) is 15.3 Å². The van der Waals surface area contributed by atoms with E-state index < -0.39 is 17.9 Å². The number of aryl methyl sites for hydroxylation is 1. The highest BCUT2D eigenvalue weighted by molar-refractivity contribution is 5.97. The van der Waals surface area contributed by atoms with Gasteiger partial charge in [0.2, 0.25) is 0 Å². The topological polar surface area (TPSA) is 92.2 Å². The van der Waals surface area contributed by atoms with Crippen LogP contribution < -0.4 is 5.32 Å². The number of nitrogens with one attached hydrogen (secondary N) is 1. The van der Waals surface area contributed by atoms with Crippen molar-refractivity contribution in [3.63, 3.8) is 0 Å². The maximum atomic E-state index is 11.9. The van der Waals surface area contributed by atoms with E-state index in [0.29, 0.717) is 5.69 Å². The van der Waals surface area contributed by atoms with Crippen molar-refractivity contribution in [2.75, 3.05) is 0 Å². The summed E-state index contributed by atoms with van der Waals surface area (Å²) in [6.07, 6.45) is 6.36. The van der Waals surface area contributed by atoms with Gasteiger partial charge >= 0.3 is 5.97 Å². The van der Waals surface area contributed by atoms with Gasteiger partial charge in [0.25, 0.3) is 5.91 Å². The largest absolute Gasteiger partial charge is 0.480 e. The number of rotatable bonds is 5. The van der Waals surface area contributed by atoms with Crippen LogP contribution in [0.1, 0.15) is 29.4 Å². The lowest BCUT2D eigenvalue weighted by molar-refractivity contribution is -0.139. The molecule has 6 nitrogen and oxygen atoms in total. The molecule has 1 aromatic heterocycles. The first-order chi connectivity index (χ1) is 8.56. The standard InChI is InChI=1S/C12H15N3O3/c1-3-4-5-10(12(17)18)15-11(16)9-6-13-7-14-8(9)2/h3-4,6-7,10H,5H2,1-2H3,(H,15,16)(H,17,18)/b4-3+. The Labute approximate surface area is 105 Å². The number of carboxylic acid groups (broad SMARTS) is 1. The van der Waals surface area contributed by atoms with Crippen LogP contribution in [0.15, 0.2) is 24.7 Å². The van der Waals surface area contributed by atoms with E-state index >= 15 is 0 Å². The molecule has 0 bridgehead atoms. The van der Waals surface area contributed by atoms with Crippen LogP contribution in [0.4, 0.5) is 0 Å². The summed E-state index contributed by atoms with van der Waals surface area (Å²) < 4.78 is 0. The van der Waals surface area contributed by atoms with Gasteiger partial charge in [-0.1, -0.05) is 12.2 Å². The van der Waals surface area contributed by atoms with Crippen LogP contribution in [0, 0.1) is 6.92 Å². The third-order valence-electron chi connectivity index (χ3n) is 2.37. The maximum absolute atomic E-state index is 11.9. The average Bonchev–Trinajstić information content (AvgIpc) is 2.34. The molecule has 1 unspecified atom stereocenters. The number of nitrogens with zero attached hydrogens (tertiary/aromatic N) is 2. The van der Waals surface area contributed by atoms with Crippen molar-refractivity contribution >= 4 is 11.9 Å². The summed E-state index contributed by atoms with van der Waals surface area (Å²) in [7, 11) is 0. The number of carbonyl (C=O) groups excluding carboxylic acids is 1. The Morgan fingerprint density at radius 1 is 1.56 bits per heavy atom. The Morgan fingerprint density at radius 2 is 2.28 bits per heavy atom. The van der Waals surface area contributed by atoms with Crippen molar-refractivity contribution in [1.29, 1.82) is 0 Å². The highest BCUT2D eigenvalue weighted by Gasteiger charge is 2.20. The fourth-order valence-corrected chi connectivity index (χ4v) is 1.34. The van der Waals surface area contributed by atoms with Crippen LogP contribution >= 0.6 is 0 Å². The van der Waals surface area contributed by atoms with Gasteiger partial charge in [0.05, 0.1) is 11.3 Å². The first-order valence-electron chi connectivity index (χ1n) is 5.47. The normalized spacial score (nSPS) is 12.3. The van der Waals surface area contributed by atoms with Crippen LogP contribution in [-0.4, -0.2) is 33.0 Å². The number of amides is 1. The fraction of sp³-hybridized carbons (Fsp3) is 0.333. The van der Waals surface area contributed by atoms with Crippen LogP contribution in [0.3, 0.4) is 0 Å². The average molecular weight is 249 g/mol.